The van der Waals surface area contributed by atoms with E-state index in [2.05, 4.69) is 4.74 Å². The van der Waals surface area contributed by atoms with Gasteiger partial charge in [-0.05, 0) is 24.6 Å². The molecule has 1 aromatic rings. The Morgan fingerprint density at radius 2 is 1.84 bits per heavy atom. The molecule has 0 aliphatic carbocycles. The minimum absolute atomic E-state index is 0.0151. The molecule has 106 valence electrons. The predicted octanol–water partition coefficient (Wildman–Crippen LogP) is 3.29. The number of hydrogen-bond donors (Lipinski definition) is 0. The molecular weight excluding hydrogens is 261 g/mol. The van der Waals surface area contributed by atoms with Crippen molar-refractivity contribution in [3.05, 3.63) is 29.8 Å². The molecule has 0 bridgehead atoms. The highest BCUT2D eigenvalue weighted by molar-refractivity contribution is 5.70. The molecule has 0 aliphatic heterocycles. The molecule has 0 aromatic heterocycles. The summed E-state index contributed by atoms with van der Waals surface area (Å²) >= 11 is 0. The summed E-state index contributed by atoms with van der Waals surface area (Å²) in [4.78, 5) is 11.2. The normalized spacial score (nSPS) is 12.9. The van der Waals surface area contributed by atoms with Crippen LogP contribution >= 0.6 is 0 Å². The van der Waals surface area contributed by atoms with E-state index < -0.39 is 24.5 Å². The lowest BCUT2D eigenvalue weighted by Gasteiger charge is -2.20. The van der Waals surface area contributed by atoms with Gasteiger partial charge < -0.3 is 9.47 Å². The van der Waals surface area contributed by atoms with Crippen LogP contribution in [0.2, 0.25) is 0 Å². The molecule has 1 aromatic carbocycles. The Hall–Kier alpha value is -1.72. The highest BCUT2D eigenvalue weighted by atomic mass is 19.4. The molecular formula is C13H15F3O3. The first kappa shape index (κ1) is 15.3. The third kappa shape index (κ3) is 4.46. The molecule has 3 nitrogen and oxygen atoms in total. The molecule has 6 heteroatoms. The first-order valence-electron chi connectivity index (χ1n) is 5.74. The van der Waals surface area contributed by atoms with Gasteiger partial charge in [0.15, 0.2) is 0 Å². The van der Waals surface area contributed by atoms with Gasteiger partial charge in [-0.25, -0.2) is 0 Å². The monoisotopic (exact) mass is 276 g/mol. The van der Waals surface area contributed by atoms with Crippen molar-refractivity contribution in [2.75, 3.05) is 13.7 Å². The quantitative estimate of drug-likeness (QED) is 0.774. The number of halogens is 3. The number of hydrogen-bond acceptors (Lipinski definition) is 3. The Morgan fingerprint density at radius 1 is 1.26 bits per heavy atom. The fourth-order valence-electron chi connectivity index (χ4n) is 1.65. The zero-order chi connectivity index (χ0) is 14.5. The molecule has 1 rings (SSSR count). The molecule has 0 fully saturated rings. The molecule has 0 N–H and O–H groups in total. The zero-order valence-corrected chi connectivity index (χ0v) is 10.7. The molecule has 0 spiro atoms. The number of alkyl halides is 3. The lowest BCUT2D eigenvalue weighted by Crippen LogP contribution is -2.24. The van der Waals surface area contributed by atoms with Crippen LogP contribution < -0.4 is 4.74 Å². The van der Waals surface area contributed by atoms with Crippen LogP contribution in [-0.2, 0) is 9.53 Å². The van der Waals surface area contributed by atoms with E-state index in [9.17, 15) is 18.0 Å². The van der Waals surface area contributed by atoms with Gasteiger partial charge in [-0.3, -0.25) is 4.79 Å². The molecule has 0 aliphatic rings. The summed E-state index contributed by atoms with van der Waals surface area (Å²) in [7, 11) is 1.43. The maximum atomic E-state index is 12.9. The van der Waals surface area contributed by atoms with E-state index in [1.165, 1.54) is 31.4 Å². The Morgan fingerprint density at radius 3 is 2.26 bits per heavy atom. The van der Waals surface area contributed by atoms with Gasteiger partial charge in [-0.2, -0.15) is 13.2 Å². The van der Waals surface area contributed by atoms with Crippen molar-refractivity contribution >= 4 is 5.97 Å². The van der Waals surface area contributed by atoms with Crippen LogP contribution in [0.3, 0.4) is 0 Å². The largest absolute Gasteiger partial charge is 0.497 e. The van der Waals surface area contributed by atoms with Crippen molar-refractivity contribution in [3.8, 4) is 5.75 Å². The van der Waals surface area contributed by atoms with Crippen molar-refractivity contribution < 1.29 is 27.4 Å². The van der Waals surface area contributed by atoms with Crippen molar-refractivity contribution in [3.63, 3.8) is 0 Å². The maximum absolute atomic E-state index is 12.9. The van der Waals surface area contributed by atoms with Gasteiger partial charge in [0, 0.05) is 0 Å². The second-order valence-electron chi connectivity index (χ2n) is 3.88. The van der Waals surface area contributed by atoms with E-state index >= 15 is 0 Å². The summed E-state index contributed by atoms with van der Waals surface area (Å²) in [5.74, 6) is -2.26. The summed E-state index contributed by atoms with van der Waals surface area (Å²) < 4.78 is 48.3. The Bertz CT molecular complexity index is 412. The maximum Gasteiger partial charge on any atom is 0.396 e. The second-order valence-corrected chi connectivity index (χ2v) is 3.88. The van der Waals surface area contributed by atoms with Crippen LogP contribution in [0.1, 0.15) is 24.8 Å². The topological polar surface area (TPSA) is 35.5 Å². The predicted molar refractivity (Wildman–Crippen MR) is 63.0 cm³/mol. The van der Waals surface area contributed by atoms with Gasteiger partial charge in [0.25, 0.3) is 0 Å². The van der Waals surface area contributed by atoms with E-state index in [0.29, 0.717) is 5.75 Å². The summed E-state index contributed by atoms with van der Waals surface area (Å²) in [5, 5.41) is 0. The smallest absolute Gasteiger partial charge is 0.396 e. The average Bonchev–Trinajstić information content (AvgIpc) is 2.35. The number of rotatable bonds is 5. The second kappa shape index (κ2) is 6.45. The van der Waals surface area contributed by atoms with Gasteiger partial charge >= 0.3 is 12.1 Å². The SMILES string of the molecule is CCOC(=O)CC(c1ccc(OC)cc1)C(F)(F)F. The van der Waals surface area contributed by atoms with Crippen LogP contribution in [0.15, 0.2) is 24.3 Å². The first-order valence-corrected chi connectivity index (χ1v) is 5.74. The van der Waals surface area contributed by atoms with Crippen LogP contribution in [0.4, 0.5) is 13.2 Å². The van der Waals surface area contributed by atoms with Crippen LogP contribution in [-0.4, -0.2) is 25.9 Å². The van der Waals surface area contributed by atoms with Crippen molar-refractivity contribution in [2.24, 2.45) is 0 Å². The molecule has 19 heavy (non-hydrogen) atoms. The highest BCUT2D eigenvalue weighted by Gasteiger charge is 2.42. The number of carbonyl (C=O) groups excluding carboxylic acids is 1. The molecule has 0 radical (unpaired) electrons. The van der Waals surface area contributed by atoms with E-state index in [-0.39, 0.29) is 12.2 Å². The van der Waals surface area contributed by atoms with Crippen LogP contribution in [0.25, 0.3) is 0 Å². The third-order valence-corrected chi connectivity index (χ3v) is 2.59. The minimum Gasteiger partial charge on any atom is -0.497 e. The highest BCUT2D eigenvalue weighted by Crippen LogP contribution is 2.38. The summed E-state index contributed by atoms with van der Waals surface area (Å²) in [6.07, 6.45) is -5.22. The van der Waals surface area contributed by atoms with Gasteiger partial charge in [-0.1, -0.05) is 12.1 Å². The van der Waals surface area contributed by atoms with Crippen molar-refractivity contribution in [2.45, 2.75) is 25.4 Å². The third-order valence-electron chi connectivity index (χ3n) is 2.59. The molecule has 1 atom stereocenters. The Kier molecular flexibility index (Phi) is 5.20. The molecule has 0 heterocycles. The van der Waals surface area contributed by atoms with Gasteiger partial charge in [0.2, 0.25) is 0 Å². The lowest BCUT2D eigenvalue weighted by molar-refractivity contribution is -0.166. The Balaban J connectivity index is 2.93. The van der Waals surface area contributed by atoms with Crippen LogP contribution in [0.5, 0.6) is 5.75 Å². The Labute approximate surface area is 109 Å². The average molecular weight is 276 g/mol. The number of methoxy groups -OCH3 is 1. The lowest BCUT2D eigenvalue weighted by atomic mass is 9.95. The first-order chi connectivity index (χ1) is 8.88. The summed E-state index contributed by atoms with van der Waals surface area (Å²) in [6, 6.07) is 5.46. The number of ether oxygens (including phenoxy) is 2. The number of carbonyl (C=O) groups is 1. The summed E-state index contributed by atoms with van der Waals surface area (Å²) in [5.41, 5.74) is 0.0151. The van der Waals surface area contributed by atoms with E-state index in [1.54, 1.807) is 6.92 Å². The fraction of sp³-hybridized carbons (Fsp3) is 0.462. The minimum atomic E-state index is -4.50. The molecule has 0 amide bonds. The number of esters is 1. The number of benzene rings is 1. The van der Waals surface area contributed by atoms with Gasteiger partial charge in [-0.15, -0.1) is 0 Å². The van der Waals surface area contributed by atoms with E-state index in [0.717, 1.165) is 0 Å². The zero-order valence-electron chi connectivity index (χ0n) is 10.7. The fourth-order valence-corrected chi connectivity index (χ4v) is 1.65. The molecule has 0 saturated carbocycles. The molecule has 1 unspecified atom stereocenters. The van der Waals surface area contributed by atoms with Gasteiger partial charge in [0.05, 0.1) is 26.1 Å². The van der Waals surface area contributed by atoms with Crippen LogP contribution in [0, 0.1) is 0 Å². The van der Waals surface area contributed by atoms with Crippen molar-refractivity contribution in [1.82, 2.24) is 0 Å². The van der Waals surface area contributed by atoms with Crippen molar-refractivity contribution in [1.29, 1.82) is 0 Å². The summed E-state index contributed by atoms with van der Waals surface area (Å²) in [6.45, 7) is 1.61. The molecule has 0 saturated heterocycles. The standard InChI is InChI=1S/C13H15F3O3/c1-3-19-12(17)8-11(13(14,15)16)9-4-6-10(18-2)7-5-9/h4-7,11H,3,8H2,1-2H3. The van der Waals surface area contributed by atoms with Gasteiger partial charge in [0.1, 0.15) is 5.75 Å². The van der Waals surface area contributed by atoms with E-state index in [4.69, 9.17) is 4.74 Å². The van der Waals surface area contributed by atoms with E-state index in [1.807, 2.05) is 0 Å².